The Labute approximate surface area is 214 Å². The molecule has 1 heterocycles. The lowest BCUT2D eigenvalue weighted by Crippen LogP contribution is -2.33. The largest absolute Gasteiger partial charge is 0.507 e. The van der Waals surface area contributed by atoms with Crippen molar-refractivity contribution in [3.8, 4) is 11.5 Å². The summed E-state index contributed by atoms with van der Waals surface area (Å²) in [5, 5.41) is 22.0. The fraction of sp³-hybridized carbons (Fsp3) is 0.548. The zero-order valence-corrected chi connectivity index (χ0v) is 21.8. The maximum absolute atomic E-state index is 13.7. The topological polar surface area (TPSA) is 83.8 Å². The van der Waals surface area contributed by atoms with Crippen molar-refractivity contribution in [3.63, 3.8) is 0 Å². The number of carbonyl (C=O) groups excluding carboxylic acids is 2. The van der Waals surface area contributed by atoms with Crippen LogP contribution in [0.1, 0.15) is 108 Å². The molecule has 0 amide bonds. The van der Waals surface area contributed by atoms with Gasteiger partial charge in [0, 0.05) is 11.1 Å². The maximum Gasteiger partial charge on any atom is 0.225 e. The molecule has 1 aliphatic heterocycles. The molecular weight excluding hydrogens is 452 g/mol. The molecule has 0 aromatic heterocycles. The summed E-state index contributed by atoms with van der Waals surface area (Å²) in [4.78, 5) is 27.4. The van der Waals surface area contributed by atoms with Gasteiger partial charge in [-0.15, -0.1) is 0 Å². The zero-order valence-electron chi connectivity index (χ0n) is 21.8. The average molecular weight is 493 g/mol. The number of phenolic OH excluding ortho intramolecular Hbond substituents is 2. The second-order valence-electron chi connectivity index (χ2n) is 11.0. The van der Waals surface area contributed by atoms with Gasteiger partial charge in [-0.1, -0.05) is 64.2 Å². The molecule has 0 radical (unpaired) electrons. The number of aromatic hydroxyl groups is 2. The van der Waals surface area contributed by atoms with E-state index < -0.39 is 5.60 Å². The van der Waals surface area contributed by atoms with Crippen molar-refractivity contribution in [1.82, 2.24) is 0 Å². The summed E-state index contributed by atoms with van der Waals surface area (Å²) >= 11 is 0. The molecule has 0 fully saturated rings. The van der Waals surface area contributed by atoms with Crippen molar-refractivity contribution >= 4 is 17.1 Å². The van der Waals surface area contributed by atoms with Crippen LogP contribution in [0.15, 0.2) is 41.2 Å². The minimum Gasteiger partial charge on any atom is -0.507 e. The molecule has 0 saturated carbocycles. The van der Waals surface area contributed by atoms with Crippen LogP contribution in [0.5, 0.6) is 11.5 Å². The molecule has 3 aliphatic carbocycles. The van der Waals surface area contributed by atoms with E-state index in [1.807, 2.05) is 13.8 Å². The number of ether oxygens (including phenoxy) is 1. The van der Waals surface area contributed by atoms with E-state index in [9.17, 15) is 19.8 Å². The molecule has 2 N–H and O–H groups in total. The van der Waals surface area contributed by atoms with Crippen LogP contribution in [-0.2, 0) is 20.7 Å². The highest BCUT2D eigenvalue weighted by Crippen LogP contribution is 2.44. The summed E-state index contributed by atoms with van der Waals surface area (Å²) in [7, 11) is 0. The summed E-state index contributed by atoms with van der Waals surface area (Å²) in [6.45, 7) is 3.69. The lowest BCUT2D eigenvalue weighted by Gasteiger charge is -2.32. The van der Waals surface area contributed by atoms with Crippen LogP contribution >= 0.6 is 0 Å². The zero-order chi connectivity index (χ0) is 25.7. The Morgan fingerprint density at radius 2 is 1.22 bits per heavy atom. The first-order valence-electron chi connectivity index (χ1n) is 13.8. The van der Waals surface area contributed by atoms with Crippen molar-refractivity contribution in [1.29, 1.82) is 0 Å². The smallest absolute Gasteiger partial charge is 0.225 e. The van der Waals surface area contributed by atoms with Gasteiger partial charge in [0.15, 0.2) is 11.5 Å². The maximum atomic E-state index is 13.7. The number of hydrogen-bond donors (Lipinski definition) is 2. The van der Waals surface area contributed by atoms with Crippen molar-refractivity contribution in [2.24, 2.45) is 0 Å². The van der Waals surface area contributed by atoms with Crippen LogP contribution in [-0.4, -0.2) is 27.4 Å². The number of aryl methyl sites for hydroxylation is 1. The predicted octanol–water partition coefficient (Wildman–Crippen LogP) is 7.25. The van der Waals surface area contributed by atoms with Crippen LogP contribution in [0.2, 0.25) is 0 Å². The van der Waals surface area contributed by atoms with Gasteiger partial charge in [0.1, 0.15) is 17.1 Å². The number of rotatable bonds is 0. The van der Waals surface area contributed by atoms with E-state index in [1.54, 1.807) is 24.3 Å². The van der Waals surface area contributed by atoms with E-state index in [2.05, 4.69) is 0 Å². The second-order valence-corrected chi connectivity index (χ2v) is 11.0. The molecule has 0 atom stereocenters. The molecule has 0 unspecified atom stereocenters. The Morgan fingerprint density at radius 1 is 0.722 bits per heavy atom. The van der Waals surface area contributed by atoms with Crippen molar-refractivity contribution in [3.05, 3.63) is 52.3 Å². The quantitative estimate of drug-likeness (QED) is 0.373. The van der Waals surface area contributed by atoms with Crippen LogP contribution in [0.4, 0.5) is 0 Å². The molecule has 194 valence electrons. The Hall–Kier alpha value is -2.82. The predicted molar refractivity (Wildman–Crippen MR) is 142 cm³/mol. The summed E-state index contributed by atoms with van der Waals surface area (Å²) < 4.78 is 5.95. The number of Topliss-reactive ketones (excluding diaryl/α,β-unsaturated/α-hetero) is 2. The minimum atomic E-state index is -0.689. The third kappa shape index (κ3) is 5.93. The highest BCUT2D eigenvalue weighted by Gasteiger charge is 2.40. The van der Waals surface area contributed by atoms with Gasteiger partial charge < -0.3 is 14.9 Å². The van der Waals surface area contributed by atoms with Gasteiger partial charge in [0.25, 0.3) is 0 Å². The molecule has 1 aromatic rings. The average Bonchev–Trinajstić information content (AvgIpc) is 2.82. The molecule has 5 heteroatoms. The van der Waals surface area contributed by atoms with Crippen molar-refractivity contribution in [2.75, 3.05) is 0 Å². The van der Waals surface area contributed by atoms with Gasteiger partial charge in [0.05, 0.1) is 11.1 Å². The summed E-state index contributed by atoms with van der Waals surface area (Å²) in [5.74, 6) is -0.929. The number of ketones is 2. The fourth-order valence-corrected chi connectivity index (χ4v) is 5.55. The van der Waals surface area contributed by atoms with E-state index in [0.29, 0.717) is 12.0 Å². The normalized spacial score (nSPS) is 22.2. The van der Waals surface area contributed by atoms with E-state index in [1.165, 1.54) is 44.9 Å². The third-order valence-corrected chi connectivity index (χ3v) is 7.56. The van der Waals surface area contributed by atoms with Gasteiger partial charge >= 0.3 is 0 Å². The third-order valence-electron chi connectivity index (χ3n) is 7.56. The molecule has 2 bridgehead atoms. The number of fused-ring (bicyclic) bond motifs is 15. The number of hydrogen-bond acceptors (Lipinski definition) is 5. The van der Waals surface area contributed by atoms with Crippen molar-refractivity contribution < 1.29 is 24.5 Å². The summed E-state index contributed by atoms with van der Waals surface area (Å²) in [6.07, 6.45) is 18.2. The number of benzene rings is 1. The van der Waals surface area contributed by atoms with Crippen LogP contribution < -0.4 is 0 Å². The second kappa shape index (κ2) is 11.5. The van der Waals surface area contributed by atoms with Crippen LogP contribution in [0, 0.1) is 0 Å². The lowest BCUT2D eigenvalue weighted by atomic mass is 9.80. The fourth-order valence-electron chi connectivity index (χ4n) is 5.55. The van der Waals surface area contributed by atoms with Gasteiger partial charge in [0.2, 0.25) is 5.78 Å². The molecule has 5 rings (SSSR count). The van der Waals surface area contributed by atoms with Gasteiger partial charge in [-0.3, -0.25) is 9.59 Å². The molecule has 0 spiro atoms. The van der Waals surface area contributed by atoms with Gasteiger partial charge in [-0.25, -0.2) is 0 Å². The lowest BCUT2D eigenvalue weighted by molar-refractivity contribution is -0.120. The molecule has 0 saturated heterocycles. The van der Waals surface area contributed by atoms with Crippen LogP contribution in [0.3, 0.4) is 0 Å². The van der Waals surface area contributed by atoms with E-state index in [0.717, 1.165) is 44.1 Å². The standard InChI is InChI=1S/C31H40O5/c1-31(2)18-17-23-28(34)26-22(29(35)30(23)36-31)16-14-12-10-8-6-4-3-5-7-9-11-13-15-21-19-24(32)27(26)25(33)20-21/h17-20,32-33H,3-16H2,1-2H3. The Bertz CT molecular complexity index is 1080. The first-order valence-corrected chi connectivity index (χ1v) is 13.8. The van der Waals surface area contributed by atoms with Crippen molar-refractivity contribution in [2.45, 2.75) is 109 Å². The molecule has 36 heavy (non-hydrogen) atoms. The highest BCUT2D eigenvalue weighted by atomic mass is 16.5. The highest BCUT2D eigenvalue weighted by molar-refractivity contribution is 6.40. The number of phenols is 2. The molecule has 4 aliphatic rings. The van der Waals surface area contributed by atoms with E-state index >= 15 is 0 Å². The first-order chi connectivity index (χ1) is 17.3. The van der Waals surface area contributed by atoms with Gasteiger partial charge in [-0.05, 0) is 69.4 Å². The number of carbonyl (C=O) groups is 2. The van der Waals surface area contributed by atoms with Gasteiger partial charge in [-0.2, -0.15) is 0 Å². The Morgan fingerprint density at radius 3 is 1.78 bits per heavy atom. The monoisotopic (exact) mass is 492 g/mol. The molecule has 1 aromatic carbocycles. The van der Waals surface area contributed by atoms with E-state index in [-0.39, 0.29) is 45.5 Å². The summed E-state index contributed by atoms with van der Waals surface area (Å²) in [5.41, 5.74) is 0.843. The molecule has 5 nitrogen and oxygen atoms in total. The molecular formula is C31H40O5. The minimum absolute atomic E-state index is 0.0614. The Kier molecular flexibility index (Phi) is 8.38. The van der Waals surface area contributed by atoms with Crippen LogP contribution in [0.25, 0.3) is 5.57 Å². The van der Waals surface area contributed by atoms with E-state index in [4.69, 9.17) is 4.74 Å². The first kappa shape index (κ1) is 26.2. The number of allylic oxidation sites excluding steroid dienone is 4. The summed E-state index contributed by atoms with van der Waals surface area (Å²) in [6, 6.07) is 3.27. The SMILES string of the molecule is CC1(C)C=CC2=C(O1)C(=O)C1=C(C2=O)c2c(O)cc(cc2O)CCCCCCCCCCCCCC1. The Balaban J connectivity index is 1.70.